The molecule has 0 amide bonds. The van der Waals surface area contributed by atoms with E-state index in [1.165, 1.54) is 18.2 Å². The van der Waals surface area contributed by atoms with E-state index in [1.807, 2.05) is 0 Å². The van der Waals surface area contributed by atoms with Gasteiger partial charge < -0.3 is 4.74 Å². The van der Waals surface area contributed by atoms with E-state index in [0.717, 1.165) is 6.07 Å². The number of carbonyl (C=O) groups excluding carboxylic acids is 1. The molecule has 0 aromatic heterocycles. The predicted octanol–water partition coefficient (Wildman–Crippen LogP) is 1.99. The summed E-state index contributed by atoms with van der Waals surface area (Å²) in [6.45, 7) is 5.29. The molecule has 2 rings (SSSR count). The van der Waals surface area contributed by atoms with Crippen LogP contribution in [0.4, 0.5) is 5.69 Å². The van der Waals surface area contributed by atoms with Crippen LogP contribution < -0.4 is 4.72 Å². The van der Waals surface area contributed by atoms with E-state index in [4.69, 9.17) is 4.74 Å². The highest BCUT2D eigenvalue weighted by Crippen LogP contribution is 2.32. The molecule has 0 saturated heterocycles. The number of sulfonamides is 1. The van der Waals surface area contributed by atoms with Crippen LogP contribution in [0, 0.1) is 16.0 Å². The van der Waals surface area contributed by atoms with Crippen molar-refractivity contribution in [3.8, 4) is 0 Å². The first-order valence-electron chi connectivity index (χ1n) is 7.48. The molecule has 1 N–H and O–H groups in total. The number of nitrogens with zero attached hydrogens (tertiary/aromatic N) is 1. The monoisotopic (exact) mass is 356 g/mol. The van der Waals surface area contributed by atoms with E-state index < -0.39 is 32.3 Å². The van der Waals surface area contributed by atoms with Gasteiger partial charge in [0.1, 0.15) is 5.60 Å². The summed E-state index contributed by atoms with van der Waals surface area (Å²) < 4.78 is 32.3. The SMILES string of the molecule is CC(C)(C)OC(=O)C1CC(NS(=O)(=O)c2ccccc2[N+](=O)[O-])C1. The maximum absolute atomic E-state index is 12.3. The number of ether oxygens (including phenoxy) is 1. The Morgan fingerprint density at radius 2 is 1.88 bits per heavy atom. The lowest BCUT2D eigenvalue weighted by molar-refractivity contribution is -0.387. The number of hydrogen-bond donors (Lipinski definition) is 1. The molecule has 1 aliphatic rings. The predicted molar refractivity (Wildman–Crippen MR) is 85.8 cm³/mol. The van der Waals surface area contributed by atoms with E-state index in [9.17, 15) is 23.3 Å². The van der Waals surface area contributed by atoms with Crippen molar-refractivity contribution in [3.63, 3.8) is 0 Å². The Labute approximate surface area is 140 Å². The number of benzene rings is 1. The van der Waals surface area contributed by atoms with E-state index in [0.29, 0.717) is 12.8 Å². The first-order chi connectivity index (χ1) is 11.0. The fraction of sp³-hybridized carbons (Fsp3) is 0.533. The summed E-state index contributed by atoms with van der Waals surface area (Å²) in [5.74, 6) is -0.716. The van der Waals surface area contributed by atoms with Gasteiger partial charge >= 0.3 is 5.97 Å². The standard InChI is InChI=1S/C15H20N2O6S/c1-15(2,3)23-14(18)10-8-11(9-10)16-24(21,22)13-7-5-4-6-12(13)17(19)20/h4-7,10-11,16H,8-9H2,1-3H3. The van der Waals surface area contributed by atoms with Crippen LogP contribution in [-0.4, -0.2) is 31.0 Å². The third-order valence-electron chi connectivity index (χ3n) is 3.55. The average molecular weight is 356 g/mol. The fourth-order valence-electron chi connectivity index (χ4n) is 2.41. The molecule has 0 radical (unpaired) electrons. The Bertz CT molecular complexity index is 747. The molecule has 132 valence electrons. The minimum Gasteiger partial charge on any atom is -0.460 e. The molecular weight excluding hydrogens is 336 g/mol. The highest BCUT2D eigenvalue weighted by molar-refractivity contribution is 7.89. The van der Waals surface area contributed by atoms with Crippen molar-refractivity contribution in [1.29, 1.82) is 0 Å². The molecule has 1 aromatic carbocycles. The van der Waals surface area contributed by atoms with Crippen molar-refractivity contribution < 1.29 is 22.9 Å². The number of nitro benzene ring substituents is 1. The van der Waals surface area contributed by atoms with Gasteiger partial charge in [-0.25, -0.2) is 13.1 Å². The van der Waals surface area contributed by atoms with Crippen molar-refractivity contribution in [1.82, 2.24) is 4.72 Å². The molecule has 1 fully saturated rings. The second-order valence-corrected chi connectivity index (χ2v) is 8.43. The first kappa shape index (κ1) is 18.3. The minimum atomic E-state index is -4.02. The molecule has 1 aromatic rings. The summed E-state index contributed by atoms with van der Waals surface area (Å²) in [7, 11) is -4.02. The first-order valence-corrected chi connectivity index (χ1v) is 8.96. The van der Waals surface area contributed by atoms with Gasteiger partial charge in [0.05, 0.1) is 10.8 Å². The number of rotatable bonds is 5. The Hall–Kier alpha value is -2.00. The molecule has 0 aliphatic heterocycles. The van der Waals surface area contributed by atoms with Crippen LogP contribution in [0.25, 0.3) is 0 Å². The van der Waals surface area contributed by atoms with Gasteiger partial charge in [0.15, 0.2) is 4.90 Å². The van der Waals surface area contributed by atoms with Crippen LogP contribution in [-0.2, 0) is 19.6 Å². The smallest absolute Gasteiger partial charge is 0.309 e. The lowest BCUT2D eigenvalue weighted by Crippen LogP contribution is -2.48. The Balaban J connectivity index is 2.01. The summed E-state index contributed by atoms with van der Waals surface area (Å²) in [6.07, 6.45) is 0.629. The lowest BCUT2D eigenvalue weighted by atomic mass is 9.81. The van der Waals surface area contributed by atoms with Crippen LogP contribution in [0.5, 0.6) is 0 Å². The third kappa shape index (κ3) is 4.30. The van der Waals surface area contributed by atoms with Crippen molar-refractivity contribution >= 4 is 21.7 Å². The van der Waals surface area contributed by atoms with E-state index in [1.54, 1.807) is 20.8 Å². The van der Waals surface area contributed by atoms with Gasteiger partial charge in [-0.3, -0.25) is 14.9 Å². The van der Waals surface area contributed by atoms with Crippen LogP contribution in [0.2, 0.25) is 0 Å². The molecule has 0 bridgehead atoms. The molecular formula is C15H20N2O6S. The Morgan fingerprint density at radius 3 is 2.42 bits per heavy atom. The van der Waals surface area contributed by atoms with Crippen molar-refractivity contribution in [2.24, 2.45) is 5.92 Å². The summed E-state index contributed by atoms with van der Waals surface area (Å²) in [5, 5.41) is 11.0. The van der Waals surface area contributed by atoms with Crippen LogP contribution >= 0.6 is 0 Å². The lowest BCUT2D eigenvalue weighted by Gasteiger charge is -2.35. The second-order valence-electron chi connectivity index (χ2n) is 6.74. The average Bonchev–Trinajstić information content (AvgIpc) is 2.40. The molecule has 1 aliphatic carbocycles. The quantitative estimate of drug-likeness (QED) is 0.490. The zero-order chi connectivity index (χ0) is 18.1. The number of nitro groups is 1. The normalized spacial score (nSPS) is 21.0. The van der Waals surface area contributed by atoms with E-state index in [-0.39, 0.29) is 16.8 Å². The molecule has 24 heavy (non-hydrogen) atoms. The van der Waals surface area contributed by atoms with Gasteiger partial charge in [0.25, 0.3) is 5.69 Å². The van der Waals surface area contributed by atoms with E-state index in [2.05, 4.69) is 4.72 Å². The van der Waals surface area contributed by atoms with Crippen molar-refractivity contribution in [2.75, 3.05) is 0 Å². The van der Waals surface area contributed by atoms with Crippen molar-refractivity contribution in [2.45, 2.75) is 50.2 Å². The molecule has 8 nitrogen and oxygen atoms in total. The summed E-state index contributed by atoms with van der Waals surface area (Å²) in [5.41, 5.74) is -1.07. The number of esters is 1. The van der Waals surface area contributed by atoms with Gasteiger partial charge in [0, 0.05) is 12.1 Å². The number of hydrogen-bond acceptors (Lipinski definition) is 6. The second kappa shape index (κ2) is 6.48. The van der Waals surface area contributed by atoms with Gasteiger partial charge in [-0.1, -0.05) is 12.1 Å². The van der Waals surface area contributed by atoms with Crippen LogP contribution in [0.15, 0.2) is 29.2 Å². The highest BCUT2D eigenvalue weighted by Gasteiger charge is 2.40. The van der Waals surface area contributed by atoms with Crippen LogP contribution in [0.1, 0.15) is 33.6 Å². The third-order valence-corrected chi connectivity index (χ3v) is 5.12. The Kier molecular flexibility index (Phi) is 4.95. The van der Waals surface area contributed by atoms with E-state index >= 15 is 0 Å². The number of nitrogens with one attached hydrogen (secondary N) is 1. The maximum Gasteiger partial charge on any atom is 0.309 e. The zero-order valence-electron chi connectivity index (χ0n) is 13.7. The molecule has 1 saturated carbocycles. The maximum atomic E-state index is 12.3. The highest BCUT2D eigenvalue weighted by atomic mass is 32.2. The van der Waals surface area contributed by atoms with Gasteiger partial charge in [-0.2, -0.15) is 0 Å². The largest absolute Gasteiger partial charge is 0.460 e. The molecule has 0 spiro atoms. The summed E-state index contributed by atoms with van der Waals surface area (Å²) in [4.78, 5) is 21.7. The molecule has 9 heteroatoms. The molecule has 0 atom stereocenters. The fourth-order valence-corrected chi connectivity index (χ4v) is 3.84. The summed E-state index contributed by atoms with van der Waals surface area (Å²) >= 11 is 0. The van der Waals surface area contributed by atoms with Crippen LogP contribution in [0.3, 0.4) is 0 Å². The molecule has 0 heterocycles. The van der Waals surface area contributed by atoms with Gasteiger partial charge in [-0.05, 0) is 39.7 Å². The minimum absolute atomic E-state index is 0.314. The van der Waals surface area contributed by atoms with Gasteiger partial charge in [-0.15, -0.1) is 0 Å². The topological polar surface area (TPSA) is 116 Å². The number of carbonyl (C=O) groups is 1. The number of para-hydroxylation sites is 1. The zero-order valence-corrected chi connectivity index (χ0v) is 14.5. The molecule has 0 unspecified atom stereocenters. The Morgan fingerprint density at radius 1 is 1.29 bits per heavy atom. The summed E-state index contributed by atoms with van der Waals surface area (Å²) in [6, 6.07) is 4.71. The van der Waals surface area contributed by atoms with Crippen molar-refractivity contribution in [3.05, 3.63) is 34.4 Å². The van der Waals surface area contributed by atoms with Gasteiger partial charge in [0.2, 0.25) is 10.0 Å².